The lowest BCUT2D eigenvalue weighted by atomic mass is 10.3. The molecule has 2 nitrogen and oxygen atoms in total. The normalized spacial score (nSPS) is 11.1. The van der Waals surface area contributed by atoms with Crippen LogP contribution in [0.25, 0.3) is 0 Å². The Balaban J connectivity index is 3.94. The maximum Gasteiger partial charge on any atom is 0.212 e. The summed E-state index contributed by atoms with van der Waals surface area (Å²) in [5, 5.41) is 8.31. The second-order valence-corrected chi connectivity index (χ2v) is 1.44. The molecule has 0 rings (SSSR count). The van der Waals surface area contributed by atoms with Crippen LogP contribution in [0.2, 0.25) is 0 Å². The third kappa shape index (κ3) is 3.61. The fourth-order valence-corrected chi connectivity index (χ4v) is 0.260. The Hall–Kier alpha value is -0.960. The minimum atomic E-state index is -0.728. The summed E-state index contributed by atoms with van der Waals surface area (Å²) in [5.41, 5.74) is 0.278. The summed E-state index contributed by atoms with van der Waals surface area (Å²) in [6.45, 7) is 5.98. The number of nitrogens with zero attached hydrogens (tertiary/aromatic N) is 1. The van der Waals surface area contributed by atoms with Crippen LogP contribution in [0.1, 0.15) is 0 Å². The van der Waals surface area contributed by atoms with E-state index >= 15 is 0 Å². The highest BCUT2D eigenvalue weighted by atomic mass is 19.1. The predicted molar refractivity (Wildman–Crippen MR) is 35.0 cm³/mol. The van der Waals surface area contributed by atoms with Crippen LogP contribution in [-0.4, -0.2) is 18.4 Å². The van der Waals surface area contributed by atoms with Crippen molar-refractivity contribution in [3.05, 3.63) is 24.2 Å². The first kappa shape index (κ1) is 8.04. The summed E-state index contributed by atoms with van der Waals surface area (Å²) in [6, 6.07) is 0. The standard InChI is InChI=1S/C6H8FNO/c1-5(4-9)3-6(7)8-2/h3,9H,1-2,4H2/b6-3-. The maximum atomic E-state index is 12.0. The van der Waals surface area contributed by atoms with Crippen molar-refractivity contribution in [2.45, 2.75) is 0 Å². The van der Waals surface area contributed by atoms with E-state index in [0.29, 0.717) is 0 Å². The van der Waals surface area contributed by atoms with Crippen LogP contribution in [0.15, 0.2) is 29.2 Å². The van der Waals surface area contributed by atoms with Gasteiger partial charge in [0.25, 0.3) is 0 Å². The van der Waals surface area contributed by atoms with Crippen LogP contribution in [0.3, 0.4) is 0 Å². The molecule has 50 valence electrons. The molecule has 0 radical (unpaired) electrons. The largest absolute Gasteiger partial charge is 0.392 e. The Kier molecular flexibility index (Phi) is 3.55. The summed E-state index contributed by atoms with van der Waals surface area (Å²) >= 11 is 0. The quantitative estimate of drug-likeness (QED) is 0.345. The van der Waals surface area contributed by atoms with Gasteiger partial charge in [-0.2, -0.15) is 4.39 Å². The van der Waals surface area contributed by atoms with Crippen LogP contribution in [0.4, 0.5) is 4.39 Å². The van der Waals surface area contributed by atoms with Gasteiger partial charge in [-0.05, 0) is 18.4 Å². The molecule has 0 saturated heterocycles. The van der Waals surface area contributed by atoms with Crippen LogP contribution >= 0.6 is 0 Å². The van der Waals surface area contributed by atoms with Crippen molar-refractivity contribution < 1.29 is 9.50 Å². The number of hydrogen-bond acceptors (Lipinski definition) is 2. The monoisotopic (exact) mass is 129 g/mol. The Bertz CT molecular complexity index is 151. The number of halogens is 1. The highest BCUT2D eigenvalue weighted by Crippen LogP contribution is 2.00. The Labute approximate surface area is 53.0 Å². The van der Waals surface area contributed by atoms with E-state index in [1.165, 1.54) is 0 Å². The predicted octanol–water partition coefficient (Wildman–Crippen LogP) is 1.05. The fourth-order valence-electron chi connectivity index (χ4n) is 0.260. The van der Waals surface area contributed by atoms with Crippen molar-refractivity contribution in [2.75, 3.05) is 6.61 Å². The van der Waals surface area contributed by atoms with Gasteiger partial charge in [-0.3, -0.25) is 0 Å². The molecule has 0 aliphatic heterocycles. The molecule has 0 aliphatic carbocycles. The van der Waals surface area contributed by atoms with Gasteiger partial charge in [0.05, 0.1) is 6.61 Å². The molecular formula is C6H8FNO. The zero-order valence-corrected chi connectivity index (χ0v) is 4.97. The molecule has 1 N–H and O–H groups in total. The van der Waals surface area contributed by atoms with Crippen molar-refractivity contribution in [1.29, 1.82) is 0 Å². The molecule has 0 aromatic carbocycles. The van der Waals surface area contributed by atoms with Gasteiger partial charge in [0.15, 0.2) is 0 Å². The van der Waals surface area contributed by atoms with E-state index in [1.54, 1.807) is 0 Å². The summed E-state index contributed by atoms with van der Waals surface area (Å²) in [4.78, 5) is 2.95. The van der Waals surface area contributed by atoms with Crippen molar-refractivity contribution in [3.8, 4) is 0 Å². The van der Waals surface area contributed by atoms with Gasteiger partial charge in [0, 0.05) is 0 Å². The fraction of sp³-hybridized carbons (Fsp3) is 0.167. The first-order valence-electron chi connectivity index (χ1n) is 2.33. The van der Waals surface area contributed by atoms with Crippen LogP contribution in [0.5, 0.6) is 0 Å². The SMILES string of the molecule is C=N/C(F)=C\C(=C)CO. The molecule has 0 aromatic rings. The number of aliphatic hydroxyl groups excluding tert-OH is 1. The first-order valence-corrected chi connectivity index (χ1v) is 2.33. The number of hydrogen-bond donors (Lipinski definition) is 1. The van der Waals surface area contributed by atoms with E-state index in [2.05, 4.69) is 18.3 Å². The molecule has 0 aliphatic rings. The van der Waals surface area contributed by atoms with Gasteiger partial charge in [0.2, 0.25) is 5.95 Å². The molecule has 0 heterocycles. The molecular weight excluding hydrogens is 121 g/mol. The minimum Gasteiger partial charge on any atom is -0.392 e. The van der Waals surface area contributed by atoms with E-state index in [4.69, 9.17) is 5.11 Å². The zero-order valence-electron chi connectivity index (χ0n) is 4.97. The van der Waals surface area contributed by atoms with E-state index in [1.807, 2.05) is 0 Å². The molecule has 0 amide bonds. The van der Waals surface area contributed by atoms with Crippen LogP contribution < -0.4 is 0 Å². The van der Waals surface area contributed by atoms with Gasteiger partial charge in [0.1, 0.15) is 0 Å². The summed E-state index contributed by atoms with van der Waals surface area (Å²) < 4.78 is 12.0. The smallest absolute Gasteiger partial charge is 0.212 e. The summed E-state index contributed by atoms with van der Waals surface area (Å²) in [5.74, 6) is -0.728. The van der Waals surface area contributed by atoms with Gasteiger partial charge in [-0.1, -0.05) is 6.58 Å². The van der Waals surface area contributed by atoms with Gasteiger partial charge >= 0.3 is 0 Å². The Morgan fingerprint density at radius 3 is 2.67 bits per heavy atom. The molecule has 0 saturated carbocycles. The van der Waals surface area contributed by atoms with Gasteiger partial charge < -0.3 is 5.11 Å². The van der Waals surface area contributed by atoms with E-state index < -0.39 is 5.95 Å². The lowest BCUT2D eigenvalue weighted by Crippen LogP contribution is -1.82. The van der Waals surface area contributed by atoms with Crippen LogP contribution in [-0.2, 0) is 0 Å². The molecule has 0 unspecified atom stereocenters. The highest BCUT2D eigenvalue weighted by molar-refractivity contribution is 5.29. The Morgan fingerprint density at radius 2 is 2.33 bits per heavy atom. The molecule has 9 heavy (non-hydrogen) atoms. The lowest BCUT2D eigenvalue weighted by molar-refractivity contribution is 0.335. The molecule has 0 bridgehead atoms. The Morgan fingerprint density at radius 1 is 1.78 bits per heavy atom. The van der Waals surface area contributed by atoms with E-state index in [-0.39, 0.29) is 12.2 Å². The summed E-state index contributed by atoms with van der Waals surface area (Å²) in [7, 11) is 0. The van der Waals surface area contributed by atoms with Crippen molar-refractivity contribution in [1.82, 2.24) is 0 Å². The molecule has 0 fully saturated rings. The minimum absolute atomic E-state index is 0.261. The van der Waals surface area contributed by atoms with Crippen molar-refractivity contribution in [2.24, 2.45) is 4.99 Å². The number of rotatable bonds is 3. The third-order valence-electron chi connectivity index (χ3n) is 0.677. The average Bonchev–Trinajstić information content (AvgIpc) is 1.87. The summed E-state index contributed by atoms with van der Waals surface area (Å²) in [6.07, 6.45) is 1.02. The topological polar surface area (TPSA) is 32.6 Å². The highest BCUT2D eigenvalue weighted by Gasteiger charge is 1.88. The van der Waals surface area contributed by atoms with E-state index in [0.717, 1.165) is 6.08 Å². The van der Waals surface area contributed by atoms with Crippen molar-refractivity contribution >= 4 is 6.72 Å². The average molecular weight is 129 g/mol. The first-order chi connectivity index (χ1) is 4.20. The second-order valence-electron chi connectivity index (χ2n) is 1.44. The zero-order chi connectivity index (χ0) is 7.28. The number of aliphatic imine (C=N–C) groups is 1. The molecule has 0 aromatic heterocycles. The van der Waals surface area contributed by atoms with Crippen molar-refractivity contribution in [3.63, 3.8) is 0 Å². The van der Waals surface area contributed by atoms with Gasteiger partial charge in [-0.15, -0.1) is 0 Å². The van der Waals surface area contributed by atoms with E-state index in [9.17, 15) is 4.39 Å². The second kappa shape index (κ2) is 3.97. The van der Waals surface area contributed by atoms with Crippen LogP contribution in [0, 0.1) is 0 Å². The third-order valence-corrected chi connectivity index (χ3v) is 0.677. The maximum absolute atomic E-state index is 12.0. The number of aliphatic hydroxyl groups is 1. The molecule has 0 atom stereocenters. The lowest BCUT2D eigenvalue weighted by Gasteiger charge is -1.88. The van der Waals surface area contributed by atoms with Gasteiger partial charge in [-0.25, -0.2) is 4.99 Å². The molecule has 0 spiro atoms. The molecule has 3 heteroatoms.